The molecule has 1 unspecified atom stereocenters. The summed E-state index contributed by atoms with van der Waals surface area (Å²) in [7, 11) is 0. The van der Waals surface area contributed by atoms with Gasteiger partial charge in [0.15, 0.2) is 0 Å². The van der Waals surface area contributed by atoms with Crippen molar-refractivity contribution in [2.24, 2.45) is 0 Å². The van der Waals surface area contributed by atoms with Crippen LogP contribution in [-0.4, -0.2) is 46.8 Å². The predicted octanol–water partition coefficient (Wildman–Crippen LogP) is 2.46. The average molecular weight is 343 g/mol. The van der Waals surface area contributed by atoms with Crippen molar-refractivity contribution in [2.45, 2.75) is 51.1 Å². The second-order valence-electron chi connectivity index (χ2n) is 6.85. The molecule has 2 fully saturated rings. The van der Waals surface area contributed by atoms with Crippen molar-refractivity contribution in [3.05, 3.63) is 35.9 Å². The van der Waals surface area contributed by atoms with Crippen LogP contribution in [0.5, 0.6) is 0 Å². The lowest BCUT2D eigenvalue weighted by Crippen LogP contribution is -2.54. The van der Waals surface area contributed by atoms with Gasteiger partial charge < -0.3 is 9.80 Å². The highest BCUT2D eigenvalue weighted by Gasteiger charge is 2.33. The molecule has 6 heteroatoms. The normalized spacial score (nSPS) is 19.6. The number of imide groups is 1. The quantitative estimate of drug-likeness (QED) is 0.893. The molecule has 6 nitrogen and oxygen atoms in total. The van der Waals surface area contributed by atoms with E-state index in [1.165, 1.54) is 4.90 Å². The van der Waals surface area contributed by atoms with Crippen molar-refractivity contribution >= 4 is 17.8 Å². The summed E-state index contributed by atoms with van der Waals surface area (Å²) in [4.78, 5) is 39.7. The summed E-state index contributed by atoms with van der Waals surface area (Å²) in [5, 5.41) is 2.28. The van der Waals surface area contributed by atoms with E-state index in [0.29, 0.717) is 6.54 Å². The van der Waals surface area contributed by atoms with E-state index in [2.05, 4.69) is 5.32 Å². The Kier molecular flexibility index (Phi) is 5.36. The van der Waals surface area contributed by atoms with Gasteiger partial charge in [-0.3, -0.25) is 14.9 Å². The number of rotatable bonds is 5. The molecule has 4 amide bonds. The topological polar surface area (TPSA) is 69.7 Å². The highest BCUT2D eigenvalue weighted by Crippen LogP contribution is 2.31. The largest absolute Gasteiger partial charge is 0.331 e. The first-order chi connectivity index (χ1) is 12.1. The van der Waals surface area contributed by atoms with Crippen LogP contribution < -0.4 is 5.32 Å². The molecule has 3 rings (SSSR count). The molecule has 1 N–H and O–H groups in total. The number of nitrogens with one attached hydrogen (secondary N) is 1. The highest BCUT2D eigenvalue weighted by atomic mass is 16.2. The smallest absolute Gasteiger partial charge is 0.324 e. The third-order valence-corrected chi connectivity index (χ3v) is 5.17. The van der Waals surface area contributed by atoms with Crippen molar-refractivity contribution < 1.29 is 14.4 Å². The van der Waals surface area contributed by atoms with E-state index < -0.39 is 6.03 Å². The van der Waals surface area contributed by atoms with Crippen LogP contribution in [0.25, 0.3) is 0 Å². The zero-order valence-electron chi connectivity index (χ0n) is 14.6. The summed E-state index contributed by atoms with van der Waals surface area (Å²) < 4.78 is 0. The van der Waals surface area contributed by atoms with Gasteiger partial charge in [0.1, 0.15) is 6.54 Å². The Hall–Kier alpha value is -2.37. The maximum atomic E-state index is 13.1. The lowest BCUT2D eigenvalue weighted by atomic mass is 10.0. The van der Waals surface area contributed by atoms with E-state index in [-0.39, 0.29) is 36.9 Å². The van der Waals surface area contributed by atoms with Gasteiger partial charge in [0.05, 0.1) is 6.04 Å². The SMILES string of the molecule is CC(c1ccccc1)N(C(=O)CN1CCC(=O)NC1=O)C1CCCC1. The van der Waals surface area contributed by atoms with Crippen LogP contribution in [0.1, 0.15) is 50.6 Å². The number of amides is 4. The van der Waals surface area contributed by atoms with Crippen molar-refractivity contribution in [3.8, 4) is 0 Å². The summed E-state index contributed by atoms with van der Waals surface area (Å²) in [5.74, 6) is -0.327. The van der Waals surface area contributed by atoms with E-state index in [1.807, 2.05) is 42.2 Å². The van der Waals surface area contributed by atoms with Gasteiger partial charge in [-0.25, -0.2) is 4.79 Å². The second-order valence-corrected chi connectivity index (χ2v) is 6.85. The Balaban J connectivity index is 1.75. The molecule has 1 aromatic carbocycles. The number of hydrogen-bond acceptors (Lipinski definition) is 3. The van der Waals surface area contributed by atoms with E-state index in [1.54, 1.807) is 0 Å². The minimum Gasteiger partial charge on any atom is -0.331 e. The van der Waals surface area contributed by atoms with Gasteiger partial charge in [0.25, 0.3) is 0 Å². The number of carbonyl (C=O) groups excluding carboxylic acids is 3. The number of carbonyl (C=O) groups is 3. The number of hydrogen-bond donors (Lipinski definition) is 1. The molecular weight excluding hydrogens is 318 g/mol. The molecule has 1 heterocycles. The average Bonchev–Trinajstić information content (AvgIpc) is 3.12. The first-order valence-electron chi connectivity index (χ1n) is 9.01. The molecule has 0 radical (unpaired) electrons. The molecule has 2 aliphatic rings. The predicted molar refractivity (Wildman–Crippen MR) is 93.7 cm³/mol. The van der Waals surface area contributed by atoms with E-state index in [4.69, 9.17) is 0 Å². The summed E-state index contributed by atoms with van der Waals surface area (Å²) >= 11 is 0. The first kappa shape index (κ1) is 17.5. The van der Waals surface area contributed by atoms with Gasteiger partial charge in [-0.05, 0) is 25.3 Å². The van der Waals surface area contributed by atoms with Crippen molar-refractivity contribution in [1.82, 2.24) is 15.1 Å². The number of nitrogens with zero attached hydrogens (tertiary/aromatic N) is 2. The van der Waals surface area contributed by atoms with Crippen LogP contribution in [0.4, 0.5) is 4.79 Å². The van der Waals surface area contributed by atoms with Gasteiger partial charge in [0.2, 0.25) is 11.8 Å². The zero-order chi connectivity index (χ0) is 17.8. The lowest BCUT2D eigenvalue weighted by molar-refractivity contribution is -0.137. The van der Waals surface area contributed by atoms with Crippen LogP contribution in [0.15, 0.2) is 30.3 Å². The van der Waals surface area contributed by atoms with Crippen LogP contribution in [0, 0.1) is 0 Å². The molecule has 0 bridgehead atoms. The first-order valence-corrected chi connectivity index (χ1v) is 9.01. The molecule has 1 aliphatic heterocycles. The van der Waals surface area contributed by atoms with Gasteiger partial charge >= 0.3 is 6.03 Å². The molecule has 1 saturated carbocycles. The van der Waals surface area contributed by atoms with Gasteiger partial charge in [-0.15, -0.1) is 0 Å². The lowest BCUT2D eigenvalue weighted by Gasteiger charge is -2.37. The van der Waals surface area contributed by atoms with Crippen molar-refractivity contribution in [2.75, 3.05) is 13.1 Å². The Bertz CT molecular complexity index is 641. The van der Waals surface area contributed by atoms with Crippen LogP contribution >= 0.6 is 0 Å². The summed E-state index contributed by atoms with van der Waals surface area (Å²) in [6.07, 6.45) is 4.53. The maximum Gasteiger partial charge on any atom is 0.324 e. The third kappa shape index (κ3) is 4.00. The summed E-state index contributed by atoms with van der Waals surface area (Å²) in [6, 6.07) is 9.71. The van der Waals surface area contributed by atoms with Gasteiger partial charge in [0, 0.05) is 19.0 Å². The molecule has 1 aliphatic carbocycles. The van der Waals surface area contributed by atoms with E-state index in [9.17, 15) is 14.4 Å². The molecular formula is C19H25N3O3. The molecule has 134 valence electrons. The highest BCUT2D eigenvalue weighted by molar-refractivity contribution is 5.98. The fourth-order valence-electron chi connectivity index (χ4n) is 3.81. The van der Waals surface area contributed by atoms with Gasteiger partial charge in [-0.1, -0.05) is 43.2 Å². The Morgan fingerprint density at radius 2 is 1.92 bits per heavy atom. The molecule has 0 aromatic heterocycles. The fraction of sp³-hybridized carbons (Fsp3) is 0.526. The third-order valence-electron chi connectivity index (χ3n) is 5.17. The summed E-state index contributed by atoms with van der Waals surface area (Å²) in [6.45, 7) is 2.37. The van der Waals surface area contributed by atoms with Crippen molar-refractivity contribution in [3.63, 3.8) is 0 Å². The summed E-state index contributed by atoms with van der Waals surface area (Å²) in [5.41, 5.74) is 1.10. The Morgan fingerprint density at radius 1 is 1.24 bits per heavy atom. The zero-order valence-corrected chi connectivity index (χ0v) is 14.6. The second kappa shape index (κ2) is 7.68. The molecule has 25 heavy (non-hydrogen) atoms. The van der Waals surface area contributed by atoms with E-state index >= 15 is 0 Å². The number of urea groups is 1. The molecule has 1 saturated heterocycles. The van der Waals surface area contributed by atoms with Crippen LogP contribution in [0.3, 0.4) is 0 Å². The molecule has 1 atom stereocenters. The van der Waals surface area contributed by atoms with E-state index in [0.717, 1.165) is 31.2 Å². The maximum absolute atomic E-state index is 13.1. The van der Waals surface area contributed by atoms with Gasteiger partial charge in [-0.2, -0.15) is 0 Å². The molecule has 0 spiro atoms. The van der Waals surface area contributed by atoms with Crippen molar-refractivity contribution in [1.29, 1.82) is 0 Å². The monoisotopic (exact) mass is 343 g/mol. The molecule has 1 aromatic rings. The minimum atomic E-state index is -0.469. The Morgan fingerprint density at radius 3 is 2.56 bits per heavy atom. The fourth-order valence-corrected chi connectivity index (χ4v) is 3.81. The Labute approximate surface area is 148 Å². The minimum absolute atomic E-state index is 0.0206. The number of benzene rings is 1. The standard InChI is InChI=1S/C19H25N3O3/c1-14(15-7-3-2-4-8-15)22(16-9-5-6-10-16)18(24)13-21-12-11-17(23)20-19(21)25/h2-4,7-8,14,16H,5-6,9-13H2,1H3,(H,20,23,25). The van der Waals surface area contributed by atoms with Crippen LogP contribution in [-0.2, 0) is 9.59 Å². The van der Waals surface area contributed by atoms with Crippen LogP contribution in [0.2, 0.25) is 0 Å².